The number of hydrogen-bond donors (Lipinski definition) is 9. The number of nitrogens with zero attached hydrogens (tertiary/aromatic N) is 2. The van der Waals surface area contributed by atoms with E-state index in [0.29, 0.717) is 18.4 Å². The standard InChI is InChI=1S/C28H41N9O5/c29-27(30)34-13-4-8-21(35-26(42)23(37-28(31)32)17-19-9-11-20(39)12-10-19)25(41)36-22(24(40)33-14-5-15-38)16-18-6-2-1-3-7-18/h1-3,6-7,9-12,21-23,38-39H,4-5,8,13-17H2,(H,33,40)(H,35,42)(H,36,41)(H4,29,30,34)(H4,31,32,37)/t21-,22+,23+/m1/s1. The highest BCUT2D eigenvalue weighted by atomic mass is 16.3. The van der Waals surface area contributed by atoms with Gasteiger partial charge in [0.2, 0.25) is 17.7 Å². The molecule has 228 valence electrons. The van der Waals surface area contributed by atoms with E-state index in [9.17, 15) is 19.5 Å². The normalized spacial score (nSPS) is 12.7. The van der Waals surface area contributed by atoms with Crippen LogP contribution in [0.2, 0.25) is 0 Å². The highest BCUT2D eigenvalue weighted by Crippen LogP contribution is 2.13. The number of rotatable bonds is 17. The van der Waals surface area contributed by atoms with E-state index in [1.807, 2.05) is 30.3 Å². The van der Waals surface area contributed by atoms with Gasteiger partial charge >= 0.3 is 0 Å². The highest BCUT2D eigenvalue weighted by Gasteiger charge is 2.29. The number of nitrogens with two attached hydrogens (primary N) is 4. The molecule has 0 aliphatic carbocycles. The zero-order chi connectivity index (χ0) is 30.9. The highest BCUT2D eigenvalue weighted by molar-refractivity contribution is 5.94. The van der Waals surface area contributed by atoms with Gasteiger partial charge < -0.3 is 49.1 Å². The van der Waals surface area contributed by atoms with Crippen molar-refractivity contribution in [1.29, 1.82) is 0 Å². The average molecular weight is 584 g/mol. The second-order valence-electron chi connectivity index (χ2n) is 9.57. The molecule has 0 aliphatic rings. The third kappa shape index (κ3) is 12.6. The molecule has 0 aliphatic heterocycles. The summed E-state index contributed by atoms with van der Waals surface area (Å²) in [6.07, 6.45) is 1.13. The monoisotopic (exact) mass is 583 g/mol. The van der Waals surface area contributed by atoms with Crippen LogP contribution in [0.1, 0.15) is 30.4 Å². The lowest BCUT2D eigenvalue weighted by molar-refractivity contribution is -0.132. The van der Waals surface area contributed by atoms with Crippen LogP contribution in [0.3, 0.4) is 0 Å². The Morgan fingerprint density at radius 3 is 2.02 bits per heavy atom. The molecule has 0 unspecified atom stereocenters. The fourth-order valence-electron chi connectivity index (χ4n) is 4.02. The smallest absolute Gasteiger partial charge is 0.245 e. The zero-order valence-corrected chi connectivity index (χ0v) is 23.4. The van der Waals surface area contributed by atoms with Gasteiger partial charge in [0, 0.05) is 32.5 Å². The topological polar surface area (TPSA) is 257 Å². The first-order chi connectivity index (χ1) is 20.1. The summed E-state index contributed by atoms with van der Waals surface area (Å²) in [4.78, 5) is 47.9. The van der Waals surface area contributed by atoms with E-state index >= 15 is 0 Å². The van der Waals surface area contributed by atoms with Crippen molar-refractivity contribution in [1.82, 2.24) is 16.0 Å². The van der Waals surface area contributed by atoms with E-state index in [1.165, 1.54) is 12.1 Å². The summed E-state index contributed by atoms with van der Waals surface area (Å²) in [6, 6.07) is 12.2. The zero-order valence-electron chi connectivity index (χ0n) is 23.4. The number of aliphatic hydroxyl groups is 1. The molecule has 2 aromatic carbocycles. The van der Waals surface area contributed by atoms with E-state index in [-0.39, 0.29) is 56.6 Å². The number of carbonyl (C=O) groups is 3. The third-order valence-electron chi connectivity index (χ3n) is 6.10. The number of nitrogens with one attached hydrogen (secondary N) is 3. The molecule has 0 saturated carbocycles. The lowest BCUT2D eigenvalue weighted by Crippen LogP contribution is -2.55. The minimum absolute atomic E-state index is 0.0598. The first-order valence-corrected chi connectivity index (χ1v) is 13.5. The van der Waals surface area contributed by atoms with Crippen molar-refractivity contribution in [3.63, 3.8) is 0 Å². The van der Waals surface area contributed by atoms with Crippen LogP contribution in [-0.4, -0.2) is 77.7 Å². The molecule has 42 heavy (non-hydrogen) atoms. The van der Waals surface area contributed by atoms with Crippen molar-refractivity contribution < 1.29 is 24.6 Å². The van der Waals surface area contributed by atoms with E-state index in [0.717, 1.165) is 5.56 Å². The molecule has 2 rings (SSSR count). The Kier molecular flexibility index (Phi) is 14.1. The van der Waals surface area contributed by atoms with Gasteiger partial charge in [0.25, 0.3) is 0 Å². The second-order valence-corrected chi connectivity index (χ2v) is 9.57. The predicted molar refractivity (Wildman–Crippen MR) is 160 cm³/mol. The van der Waals surface area contributed by atoms with Crippen LogP contribution in [0.4, 0.5) is 0 Å². The van der Waals surface area contributed by atoms with Gasteiger partial charge in [-0.3, -0.25) is 19.4 Å². The minimum Gasteiger partial charge on any atom is -0.508 e. The fraction of sp³-hybridized carbons (Fsp3) is 0.393. The van der Waals surface area contributed by atoms with Crippen LogP contribution in [0.25, 0.3) is 0 Å². The van der Waals surface area contributed by atoms with Gasteiger partial charge in [-0.25, -0.2) is 4.99 Å². The first kappa shape index (κ1) is 33.4. The van der Waals surface area contributed by atoms with E-state index < -0.39 is 35.8 Å². The van der Waals surface area contributed by atoms with E-state index in [2.05, 4.69) is 25.9 Å². The maximum absolute atomic E-state index is 13.5. The maximum atomic E-state index is 13.5. The van der Waals surface area contributed by atoms with Gasteiger partial charge in [0.05, 0.1) is 0 Å². The molecule has 2 aromatic rings. The molecule has 0 heterocycles. The molecule has 0 bridgehead atoms. The molecule has 14 heteroatoms. The third-order valence-corrected chi connectivity index (χ3v) is 6.10. The van der Waals surface area contributed by atoms with Crippen LogP contribution in [0.5, 0.6) is 5.75 Å². The number of guanidine groups is 2. The fourth-order valence-corrected chi connectivity index (χ4v) is 4.02. The van der Waals surface area contributed by atoms with Crippen LogP contribution in [-0.2, 0) is 27.2 Å². The number of aliphatic imine (C=N–C) groups is 2. The lowest BCUT2D eigenvalue weighted by Gasteiger charge is -2.24. The van der Waals surface area contributed by atoms with Gasteiger partial charge in [0.15, 0.2) is 11.9 Å². The van der Waals surface area contributed by atoms with Crippen molar-refractivity contribution in [3.05, 3.63) is 65.7 Å². The van der Waals surface area contributed by atoms with Crippen LogP contribution >= 0.6 is 0 Å². The van der Waals surface area contributed by atoms with Crippen LogP contribution in [0, 0.1) is 0 Å². The second kappa shape index (κ2) is 17.8. The number of phenolic OH excluding ortho intramolecular Hbond substituents is 1. The molecule has 3 atom stereocenters. The first-order valence-electron chi connectivity index (χ1n) is 13.5. The van der Waals surface area contributed by atoms with E-state index in [4.69, 9.17) is 28.0 Å². The summed E-state index contributed by atoms with van der Waals surface area (Å²) in [5.41, 5.74) is 23.5. The molecule has 14 nitrogen and oxygen atoms in total. The number of aliphatic hydroxyl groups excluding tert-OH is 1. The molecule has 13 N–H and O–H groups in total. The van der Waals surface area contributed by atoms with Gasteiger partial charge in [-0.05, 0) is 42.5 Å². The van der Waals surface area contributed by atoms with Gasteiger partial charge in [-0.15, -0.1) is 0 Å². The molecule has 0 spiro atoms. The summed E-state index contributed by atoms with van der Waals surface area (Å²) in [5.74, 6) is -2.01. The molecule has 0 radical (unpaired) electrons. The van der Waals surface area contributed by atoms with Crippen molar-refractivity contribution >= 4 is 29.6 Å². The molecular weight excluding hydrogens is 542 g/mol. The minimum atomic E-state index is -1.08. The predicted octanol–water partition coefficient (Wildman–Crippen LogP) is -1.66. The number of hydrogen-bond acceptors (Lipinski definition) is 7. The largest absolute Gasteiger partial charge is 0.508 e. The number of amides is 3. The summed E-state index contributed by atoms with van der Waals surface area (Å²) in [6.45, 7) is 0.343. The Bertz CT molecular complexity index is 1200. The molecule has 0 saturated heterocycles. The quantitative estimate of drug-likeness (QED) is 0.0586. The van der Waals surface area contributed by atoms with Crippen LogP contribution < -0.4 is 38.9 Å². The Labute approximate surface area is 244 Å². The van der Waals surface area contributed by atoms with Crippen molar-refractivity contribution in [2.45, 2.75) is 50.2 Å². The summed E-state index contributed by atoms with van der Waals surface area (Å²) < 4.78 is 0. The summed E-state index contributed by atoms with van der Waals surface area (Å²) in [7, 11) is 0. The van der Waals surface area contributed by atoms with Crippen molar-refractivity contribution in [2.24, 2.45) is 32.9 Å². The SMILES string of the molecule is NC(N)=NCCC[C@@H](NC(=O)[C@H](Cc1ccc(O)cc1)N=C(N)N)C(=O)N[C@@H](Cc1ccccc1)C(=O)NCCCO. The van der Waals surface area contributed by atoms with E-state index in [1.54, 1.807) is 12.1 Å². The maximum Gasteiger partial charge on any atom is 0.245 e. The number of carbonyl (C=O) groups excluding carboxylic acids is 3. The van der Waals surface area contributed by atoms with Crippen molar-refractivity contribution in [2.75, 3.05) is 19.7 Å². The Morgan fingerprint density at radius 1 is 0.762 bits per heavy atom. The van der Waals surface area contributed by atoms with Gasteiger partial charge in [0.1, 0.15) is 23.9 Å². The lowest BCUT2D eigenvalue weighted by atomic mass is 10.0. The van der Waals surface area contributed by atoms with Gasteiger partial charge in [-0.1, -0.05) is 42.5 Å². The molecule has 0 fully saturated rings. The summed E-state index contributed by atoms with van der Waals surface area (Å²) >= 11 is 0. The Hall–Kier alpha value is -4.85. The molecule has 0 aromatic heterocycles. The summed E-state index contributed by atoms with van der Waals surface area (Å²) in [5, 5.41) is 26.8. The molecular formula is C28H41N9O5. The average Bonchev–Trinajstić information content (AvgIpc) is 2.95. The Balaban J connectivity index is 2.26. The van der Waals surface area contributed by atoms with Gasteiger partial charge in [-0.2, -0.15) is 0 Å². The molecule has 3 amide bonds. The van der Waals surface area contributed by atoms with Crippen LogP contribution in [0.15, 0.2) is 64.6 Å². The Morgan fingerprint density at radius 2 is 1.40 bits per heavy atom. The number of aromatic hydroxyl groups is 1. The van der Waals surface area contributed by atoms with Crippen molar-refractivity contribution in [3.8, 4) is 5.75 Å². The number of phenols is 1. The number of benzene rings is 2.